The van der Waals surface area contributed by atoms with E-state index in [2.05, 4.69) is 15.0 Å². The zero-order valence-corrected chi connectivity index (χ0v) is 11.4. The first-order valence-corrected chi connectivity index (χ1v) is 6.67. The number of hydrogen-bond acceptors (Lipinski definition) is 4. The van der Waals surface area contributed by atoms with E-state index in [0.29, 0.717) is 16.4 Å². The van der Waals surface area contributed by atoms with Gasteiger partial charge in [-0.1, -0.05) is 12.1 Å². The third-order valence-electron chi connectivity index (χ3n) is 3.59. The van der Waals surface area contributed by atoms with Crippen molar-refractivity contribution >= 4 is 27.7 Å². The first kappa shape index (κ1) is 12.5. The predicted molar refractivity (Wildman–Crippen MR) is 81.8 cm³/mol. The van der Waals surface area contributed by atoms with Crippen molar-refractivity contribution < 1.29 is 4.79 Å². The summed E-state index contributed by atoms with van der Waals surface area (Å²) in [6.07, 6.45) is 7.47. The normalized spacial score (nSPS) is 11.1. The van der Waals surface area contributed by atoms with Gasteiger partial charge in [-0.15, -0.1) is 0 Å². The van der Waals surface area contributed by atoms with Crippen LogP contribution in [-0.2, 0) is 0 Å². The largest absolute Gasteiger partial charge is 0.358 e. The highest BCUT2D eigenvalue weighted by Crippen LogP contribution is 2.19. The number of carbonyl (C=O) groups is 1. The molecule has 4 aromatic rings. The van der Waals surface area contributed by atoms with Crippen LogP contribution in [0.4, 0.5) is 0 Å². The van der Waals surface area contributed by atoms with Gasteiger partial charge in [0.05, 0.1) is 11.0 Å². The lowest BCUT2D eigenvalue weighted by atomic mass is 10.1. The summed E-state index contributed by atoms with van der Waals surface area (Å²) in [5, 5.41) is 1.37. The Morgan fingerprint density at radius 3 is 2.91 bits per heavy atom. The molecule has 0 bridgehead atoms. The van der Waals surface area contributed by atoms with Crippen molar-refractivity contribution in [2.75, 3.05) is 0 Å². The van der Waals surface area contributed by atoms with Gasteiger partial charge in [0, 0.05) is 35.6 Å². The monoisotopic (exact) mass is 290 g/mol. The maximum absolute atomic E-state index is 12.6. The Balaban J connectivity index is 2.01. The second-order valence-corrected chi connectivity index (χ2v) is 4.87. The predicted octanol–water partition coefficient (Wildman–Crippen LogP) is 1.96. The molecule has 0 aliphatic rings. The summed E-state index contributed by atoms with van der Waals surface area (Å²) in [6, 6.07) is 7.29. The molecule has 0 amide bonds. The van der Waals surface area contributed by atoms with E-state index in [0.717, 1.165) is 5.39 Å². The molecular weight excluding hydrogens is 280 g/mol. The van der Waals surface area contributed by atoms with Crippen LogP contribution in [0.2, 0.25) is 0 Å². The summed E-state index contributed by atoms with van der Waals surface area (Å²) < 4.78 is 1.27. The summed E-state index contributed by atoms with van der Waals surface area (Å²) in [5.41, 5.74) is 1.09. The molecule has 1 N–H and O–H groups in total. The molecule has 0 aliphatic heterocycles. The Morgan fingerprint density at radius 2 is 2.09 bits per heavy atom. The molecule has 22 heavy (non-hydrogen) atoms. The van der Waals surface area contributed by atoms with Gasteiger partial charge in [0.2, 0.25) is 5.43 Å². The molecular formula is C16H10N4O2. The Labute approximate surface area is 124 Å². The number of aromatic nitrogens is 4. The average molecular weight is 290 g/mol. The second kappa shape index (κ2) is 4.63. The fourth-order valence-corrected chi connectivity index (χ4v) is 2.51. The van der Waals surface area contributed by atoms with Gasteiger partial charge in [-0.25, -0.2) is 4.98 Å². The van der Waals surface area contributed by atoms with E-state index in [1.807, 2.05) is 18.2 Å². The number of pyridine rings is 2. The Morgan fingerprint density at radius 1 is 1.18 bits per heavy atom. The maximum Gasteiger partial charge on any atom is 0.268 e. The van der Waals surface area contributed by atoms with Crippen molar-refractivity contribution in [2.24, 2.45) is 0 Å². The average Bonchev–Trinajstić information content (AvgIpc) is 3.09. The lowest BCUT2D eigenvalue weighted by Gasteiger charge is -2.05. The van der Waals surface area contributed by atoms with Gasteiger partial charge in [0.15, 0.2) is 0 Å². The number of benzene rings is 1. The number of H-pyrrole nitrogens is 1. The van der Waals surface area contributed by atoms with Gasteiger partial charge in [-0.2, -0.15) is 0 Å². The molecule has 0 spiro atoms. The highest BCUT2D eigenvalue weighted by atomic mass is 16.2. The van der Waals surface area contributed by atoms with Gasteiger partial charge in [0.1, 0.15) is 11.9 Å². The first-order valence-electron chi connectivity index (χ1n) is 6.67. The molecule has 4 rings (SSSR count). The molecule has 6 heteroatoms. The molecule has 0 saturated heterocycles. The smallest absolute Gasteiger partial charge is 0.268 e. The fourth-order valence-electron chi connectivity index (χ4n) is 2.51. The van der Waals surface area contributed by atoms with Crippen LogP contribution in [0.3, 0.4) is 0 Å². The van der Waals surface area contributed by atoms with Gasteiger partial charge in [-0.3, -0.25) is 19.1 Å². The van der Waals surface area contributed by atoms with E-state index < -0.39 is 5.91 Å². The molecule has 3 heterocycles. The summed E-state index contributed by atoms with van der Waals surface area (Å²) >= 11 is 0. The molecule has 0 fully saturated rings. The molecule has 6 nitrogen and oxygen atoms in total. The number of nitrogens with zero attached hydrogens (tertiary/aromatic N) is 3. The first-order chi connectivity index (χ1) is 10.8. The minimum Gasteiger partial charge on any atom is -0.358 e. The topological polar surface area (TPSA) is 80.6 Å². The number of fused-ring (bicyclic) bond motifs is 3. The standard InChI is InChI=1S/C16H10N4O2/c21-15-11-4-3-10-2-1-5-18-13(10)14(11)19-8-12(15)16(22)20-7-6-17-9-20/h1-9H,(H,19,21). The van der Waals surface area contributed by atoms with E-state index in [9.17, 15) is 9.59 Å². The van der Waals surface area contributed by atoms with Crippen molar-refractivity contribution in [3.8, 4) is 0 Å². The number of nitrogens with one attached hydrogen (secondary N) is 1. The second-order valence-electron chi connectivity index (χ2n) is 4.87. The Kier molecular flexibility index (Phi) is 2.62. The summed E-state index contributed by atoms with van der Waals surface area (Å²) in [4.78, 5) is 36.1. The van der Waals surface area contributed by atoms with Crippen LogP contribution in [-0.4, -0.2) is 25.4 Å². The fraction of sp³-hybridized carbons (Fsp3) is 0. The van der Waals surface area contributed by atoms with Gasteiger partial charge >= 0.3 is 0 Å². The quantitative estimate of drug-likeness (QED) is 0.543. The minimum atomic E-state index is -0.415. The van der Waals surface area contributed by atoms with Crippen molar-refractivity contribution in [2.45, 2.75) is 0 Å². The van der Waals surface area contributed by atoms with Crippen molar-refractivity contribution in [3.63, 3.8) is 0 Å². The SMILES string of the molecule is O=C(c1c[nH]c2c(ccc3cccnc32)c1=O)n1ccnc1. The number of carbonyl (C=O) groups excluding carboxylic acids is 1. The minimum absolute atomic E-state index is 0.0702. The molecule has 0 unspecified atom stereocenters. The van der Waals surface area contributed by atoms with Crippen molar-refractivity contribution in [1.29, 1.82) is 0 Å². The van der Waals surface area contributed by atoms with E-state index in [1.54, 1.807) is 12.3 Å². The van der Waals surface area contributed by atoms with E-state index in [4.69, 9.17) is 0 Å². The number of imidazole rings is 1. The van der Waals surface area contributed by atoms with Gasteiger partial charge in [0.25, 0.3) is 5.91 Å². The van der Waals surface area contributed by atoms with Crippen LogP contribution in [0.1, 0.15) is 10.4 Å². The number of hydrogen-bond donors (Lipinski definition) is 1. The van der Waals surface area contributed by atoms with Crippen LogP contribution in [0, 0.1) is 0 Å². The third-order valence-corrected chi connectivity index (χ3v) is 3.59. The maximum atomic E-state index is 12.6. The van der Waals surface area contributed by atoms with Crippen LogP contribution in [0.15, 0.2) is 60.2 Å². The molecule has 0 atom stereocenters. The van der Waals surface area contributed by atoms with Gasteiger partial charge < -0.3 is 4.98 Å². The summed E-state index contributed by atoms with van der Waals surface area (Å²) in [5.74, 6) is -0.415. The summed E-state index contributed by atoms with van der Waals surface area (Å²) in [6.45, 7) is 0. The van der Waals surface area contributed by atoms with Crippen LogP contribution >= 0.6 is 0 Å². The molecule has 1 aromatic carbocycles. The van der Waals surface area contributed by atoms with Crippen molar-refractivity contribution in [1.82, 2.24) is 19.5 Å². The Bertz CT molecular complexity index is 1060. The van der Waals surface area contributed by atoms with Crippen LogP contribution < -0.4 is 5.43 Å². The van der Waals surface area contributed by atoms with E-state index in [1.165, 1.54) is 29.5 Å². The molecule has 0 saturated carbocycles. The van der Waals surface area contributed by atoms with Crippen LogP contribution in [0.5, 0.6) is 0 Å². The summed E-state index contributed by atoms with van der Waals surface area (Å²) in [7, 11) is 0. The van der Waals surface area contributed by atoms with E-state index in [-0.39, 0.29) is 11.0 Å². The zero-order chi connectivity index (χ0) is 15.1. The lowest BCUT2D eigenvalue weighted by molar-refractivity contribution is 0.0958. The highest BCUT2D eigenvalue weighted by Gasteiger charge is 2.15. The zero-order valence-electron chi connectivity index (χ0n) is 11.4. The Hall–Kier alpha value is -3.28. The molecule has 3 aromatic heterocycles. The van der Waals surface area contributed by atoms with Crippen LogP contribution in [0.25, 0.3) is 21.8 Å². The van der Waals surface area contributed by atoms with E-state index >= 15 is 0 Å². The van der Waals surface area contributed by atoms with Crippen molar-refractivity contribution in [3.05, 3.63) is 71.2 Å². The molecule has 106 valence electrons. The van der Waals surface area contributed by atoms with Gasteiger partial charge in [-0.05, 0) is 12.1 Å². The molecule has 0 radical (unpaired) electrons. The highest BCUT2D eigenvalue weighted by molar-refractivity contribution is 6.05. The number of aromatic amines is 1. The lowest BCUT2D eigenvalue weighted by Crippen LogP contribution is -2.20. The number of rotatable bonds is 1. The third kappa shape index (κ3) is 1.74. The molecule has 0 aliphatic carbocycles.